The van der Waals surface area contributed by atoms with E-state index in [1.54, 1.807) is 44.9 Å². The number of fused-ring (bicyclic) bond motifs is 5. The molecule has 8 aliphatic carbocycles. The molecule has 1 saturated heterocycles. The van der Waals surface area contributed by atoms with Gasteiger partial charge in [-0.2, -0.15) is 0 Å². The molecule has 9 aliphatic rings. The van der Waals surface area contributed by atoms with Crippen LogP contribution in [0.5, 0.6) is 0 Å². The quantitative estimate of drug-likeness (QED) is 0.308. The summed E-state index contributed by atoms with van der Waals surface area (Å²) in [6.45, 7) is 2.73. The van der Waals surface area contributed by atoms with Crippen LogP contribution < -0.4 is 5.32 Å². The van der Waals surface area contributed by atoms with E-state index in [0.29, 0.717) is 5.92 Å². The van der Waals surface area contributed by atoms with E-state index in [1.165, 1.54) is 122 Å². The summed E-state index contributed by atoms with van der Waals surface area (Å²) in [7, 11) is 0. The average molecular weight is 660 g/mol. The summed E-state index contributed by atoms with van der Waals surface area (Å²) in [6, 6.07) is 1.64. The monoisotopic (exact) mass is 660 g/mol. The Morgan fingerprint density at radius 3 is 1.62 bits per heavy atom. The molecule has 0 aromatic carbocycles. The lowest BCUT2D eigenvalue weighted by Gasteiger charge is -2.52. The molecule has 1 heterocycles. The number of piperidine rings is 1. The molecule has 0 amide bonds. The zero-order valence-corrected chi connectivity index (χ0v) is 31.4. The van der Waals surface area contributed by atoms with Crippen LogP contribution in [0.1, 0.15) is 180 Å². The Morgan fingerprint density at radius 2 is 0.938 bits per heavy atom. The Balaban J connectivity index is 0.908. The summed E-state index contributed by atoms with van der Waals surface area (Å²) < 4.78 is 0. The molecule has 2 nitrogen and oxygen atoms in total. The second-order valence-electron chi connectivity index (χ2n) is 20.7. The minimum atomic E-state index is 0.0144. The van der Waals surface area contributed by atoms with Crippen LogP contribution in [0.15, 0.2) is 0 Å². The van der Waals surface area contributed by atoms with Gasteiger partial charge in [-0.3, -0.25) is 0 Å². The molecule has 48 heavy (non-hydrogen) atoms. The molecule has 9 fully saturated rings. The Labute approximate surface area is 296 Å². The normalized spacial score (nSPS) is 52.4. The predicted octanol–water partition coefficient (Wildman–Crippen LogP) is 11.6. The highest BCUT2D eigenvalue weighted by Crippen LogP contribution is 2.67. The maximum atomic E-state index is 11.1. The van der Waals surface area contributed by atoms with Gasteiger partial charge in [-0.15, -0.1) is 0 Å². The number of aliphatic hydroxyl groups excluding tert-OH is 1. The van der Waals surface area contributed by atoms with E-state index in [-0.39, 0.29) is 6.10 Å². The van der Waals surface area contributed by atoms with Crippen LogP contribution in [0, 0.1) is 88.8 Å². The van der Waals surface area contributed by atoms with Crippen LogP contribution in [-0.2, 0) is 0 Å². The van der Waals surface area contributed by atoms with Gasteiger partial charge in [-0.25, -0.2) is 0 Å². The second-order valence-corrected chi connectivity index (χ2v) is 20.7. The van der Waals surface area contributed by atoms with Gasteiger partial charge in [0.15, 0.2) is 0 Å². The summed E-state index contributed by atoms with van der Waals surface area (Å²) in [6.07, 6.45) is 40.2. The lowest BCUT2D eigenvalue weighted by Crippen LogP contribution is -2.58. The summed E-state index contributed by atoms with van der Waals surface area (Å²) in [5, 5.41) is 15.6. The van der Waals surface area contributed by atoms with Crippen molar-refractivity contribution >= 4 is 0 Å². The van der Waals surface area contributed by atoms with Crippen molar-refractivity contribution in [2.75, 3.05) is 0 Å². The molecule has 272 valence electrons. The van der Waals surface area contributed by atoms with E-state index in [4.69, 9.17) is 0 Å². The number of rotatable bonds is 5. The lowest BCUT2D eigenvalue weighted by atomic mass is 9.55. The predicted molar refractivity (Wildman–Crippen MR) is 199 cm³/mol. The molecule has 0 radical (unpaired) electrons. The fraction of sp³-hybridized carbons (Fsp3) is 1.00. The Morgan fingerprint density at radius 1 is 0.375 bits per heavy atom. The topological polar surface area (TPSA) is 32.3 Å². The molecule has 0 bridgehead atoms. The van der Waals surface area contributed by atoms with Crippen LogP contribution >= 0.6 is 0 Å². The molecule has 14 unspecified atom stereocenters. The van der Waals surface area contributed by atoms with Crippen molar-refractivity contribution < 1.29 is 5.11 Å². The Hall–Kier alpha value is -0.0800. The number of nitrogens with one attached hydrogen (secondary N) is 1. The van der Waals surface area contributed by atoms with Gasteiger partial charge in [-0.05, 0) is 198 Å². The molecular formula is C46H77NO. The molecule has 14 atom stereocenters. The maximum absolute atomic E-state index is 11.1. The van der Waals surface area contributed by atoms with Gasteiger partial charge in [-0.1, -0.05) is 71.1 Å². The van der Waals surface area contributed by atoms with Gasteiger partial charge in [0.2, 0.25) is 0 Å². The Kier molecular flexibility index (Phi) is 10.4. The Bertz CT molecular complexity index is 1040. The third-order valence-electron chi connectivity index (χ3n) is 18.8. The first kappa shape index (κ1) is 33.7. The molecular weight excluding hydrogens is 583 g/mol. The highest BCUT2D eigenvalue weighted by molar-refractivity contribution is 5.09. The molecule has 0 spiro atoms. The van der Waals surface area contributed by atoms with Crippen LogP contribution in [-0.4, -0.2) is 23.3 Å². The van der Waals surface area contributed by atoms with Crippen molar-refractivity contribution in [3.05, 3.63) is 0 Å². The minimum Gasteiger partial charge on any atom is -0.393 e. The summed E-state index contributed by atoms with van der Waals surface area (Å²) >= 11 is 0. The van der Waals surface area contributed by atoms with E-state index in [2.05, 4.69) is 12.2 Å². The van der Waals surface area contributed by atoms with Crippen molar-refractivity contribution in [3.8, 4) is 0 Å². The van der Waals surface area contributed by atoms with Gasteiger partial charge in [0.25, 0.3) is 0 Å². The lowest BCUT2D eigenvalue weighted by molar-refractivity contribution is -0.0338. The summed E-state index contributed by atoms with van der Waals surface area (Å²) in [5.74, 6) is 14.8. The van der Waals surface area contributed by atoms with E-state index in [1.807, 2.05) is 0 Å². The van der Waals surface area contributed by atoms with Crippen LogP contribution in [0.3, 0.4) is 0 Å². The summed E-state index contributed by atoms with van der Waals surface area (Å²) in [4.78, 5) is 0. The van der Waals surface area contributed by atoms with Crippen molar-refractivity contribution in [1.29, 1.82) is 0 Å². The second kappa shape index (κ2) is 14.7. The van der Waals surface area contributed by atoms with Gasteiger partial charge >= 0.3 is 0 Å². The maximum Gasteiger partial charge on any atom is 0.0571 e. The molecule has 0 aromatic heterocycles. The van der Waals surface area contributed by atoms with Gasteiger partial charge in [0.05, 0.1) is 6.10 Å². The fourth-order valence-electron chi connectivity index (χ4n) is 16.5. The first-order valence-electron chi connectivity index (χ1n) is 23.1. The smallest absolute Gasteiger partial charge is 0.0571 e. The van der Waals surface area contributed by atoms with Crippen molar-refractivity contribution in [1.82, 2.24) is 5.32 Å². The largest absolute Gasteiger partial charge is 0.393 e. The van der Waals surface area contributed by atoms with Crippen LogP contribution in [0.4, 0.5) is 0 Å². The minimum absolute atomic E-state index is 0.0144. The standard InChI is InChI=1S/C46H77NO/c1-29-39(28-43(31-12-4-2-5-13-31)47-46(29)33-14-6-3-7-15-33)30-20-22-32(23-21-30)45-38-25-24-34(35-16-10-11-19-44(35)48)26-40(38)36-17-8-9-18-37(36)41-27-42(41)45/h29-48H,2-28H2,1H3. The van der Waals surface area contributed by atoms with Gasteiger partial charge in [0, 0.05) is 12.1 Å². The van der Waals surface area contributed by atoms with E-state index >= 15 is 0 Å². The fourth-order valence-corrected chi connectivity index (χ4v) is 16.5. The SMILES string of the molecule is CC1C(C2CCC(C3C4CCC(C5CCCCC5O)CC4C4CCCCC4C4CC43)CC2)CC(C2CCCCC2)NC1C1CCCCC1. The van der Waals surface area contributed by atoms with E-state index in [0.717, 1.165) is 101 Å². The first-order chi connectivity index (χ1) is 23.6. The highest BCUT2D eigenvalue weighted by atomic mass is 16.3. The third-order valence-corrected chi connectivity index (χ3v) is 18.8. The highest BCUT2D eigenvalue weighted by Gasteiger charge is 2.60. The average Bonchev–Trinajstić information content (AvgIpc) is 3.94. The zero-order valence-electron chi connectivity index (χ0n) is 31.4. The van der Waals surface area contributed by atoms with Crippen molar-refractivity contribution in [3.63, 3.8) is 0 Å². The number of hydrogen-bond donors (Lipinski definition) is 2. The first-order valence-corrected chi connectivity index (χ1v) is 23.1. The van der Waals surface area contributed by atoms with Crippen LogP contribution in [0.2, 0.25) is 0 Å². The molecule has 2 heteroatoms. The van der Waals surface area contributed by atoms with E-state index in [9.17, 15) is 5.11 Å². The zero-order chi connectivity index (χ0) is 32.2. The van der Waals surface area contributed by atoms with Crippen molar-refractivity contribution in [2.45, 2.75) is 198 Å². The van der Waals surface area contributed by atoms with Gasteiger partial charge in [0.1, 0.15) is 0 Å². The van der Waals surface area contributed by atoms with Crippen molar-refractivity contribution in [2.24, 2.45) is 88.8 Å². The third kappa shape index (κ3) is 6.55. The van der Waals surface area contributed by atoms with E-state index < -0.39 is 0 Å². The molecule has 9 rings (SSSR count). The molecule has 1 aliphatic heterocycles. The molecule has 0 aromatic rings. The molecule has 2 N–H and O–H groups in total. The van der Waals surface area contributed by atoms with Gasteiger partial charge < -0.3 is 10.4 Å². The van der Waals surface area contributed by atoms with Crippen LogP contribution in [0.25, 0.3) is 0 Å². The summed E-state index contributed by atoms with van der Waals surface area (Å²) in [5.41, 5.74) is 0. The number of aliphatic hydroxyl groups is 1. The number of hydrogen-bond acceptors (Lipinski definition) is 2. The molecule has 8 saturated carbocycles.